The summed E-state index contributed by atoms with van der Waals surface area (Å²) in [4.78, 5) is 19.2. The number of ether oxygens (including phenoxy) is 2. The van der Waals surface area contributed by atoms with E-state index in [-0.39, 0.29) is 18.1 Å². The molecule has 132 valence electrons. The highest BCUT2D eigenvalue weighted by Gasteiger charge is 2.30. The molecular formula is C19H22N2O3S. The molecule has 0 aliphatic carbocycles. The van der Waals surface area contributed by atoms with Gasteiger partial charge in [-0.15, -0.1) is 0 Å². The van der Waals surface area contributed by atoms with Crippen molar-refractivity contribution in [2.24, 2.45) is 4.99 Å². The maximum absolute atomic E-state index is 12.2. The summed E-state index contributed by atoms with van der Waals surface area (Å²) in [7, 11) is 0. The molecule has 0 saturated carbocycles. The Hall–Kier alpha value is -2.05. The predicted octanol–water partition coefficient (Wildman–Crippen LogP) is 3.33. The molecule has 3 rings (SSSR count). The molecule has 5 nitrogen and oxygen atoms in total. The Morgan fingerprint density at radius 2 is 2.00 bits per heavy atom. The van der Waals surface area contributed by atoms with Crippen LogP contribution in [0.5, 0.6) is 5.75 Å². The van der Waals surface area contributed by atoms with E-state index >= 15 is 0 Å². The van der Waals surface area contributed by atoms with Gasteiger partial charge in [-0.25, -0.2) is 0 Å². The third-order valence-corrected chi connectivity index (χ3v) is 4.89. The number of morpholine rings is 1. The average Bonchev–Trinajstić information content (AvgIpc) is 2.94. The number of hydrogen-bond donors (Lipinski definition) is 0. The number of carbonyl (C=O) groups excluding carboxylic acids is 1. The summed E-state index contributed by atoms with van der Waals surface area (Å²) in [5.74, 6) is 0.597. The molecule has 2 aliphatic rings. The molecule has 1 aromatic rings. The molecule has 0 unspecified atom stereocenters. The van der Waals surface area contributed by atoms with Gasteiger partial charge in [0.1, 0.15) is 12.4 Å². The predicted molar refractivity (Wildman–Crippen MR) is 102 cm³/mol. The summed E-state index contributed by atoms with van der Waals surface area (Å²) >= 11 is 1.43. The van der Waals surface area contributed by atoms with E-state index in [4.69, 9.17) is 9.47 Å². The molecule has 25 heavy (non-hydrogen) atoms. The first kappa shape index (κ1) is 17.8. The fraction of sp³-hybridized carbons (Fsp3) is 0.368. The van der Waals surface area contributed by atoms with E-state index in [1.807, 2.05) is 44.2 Å². The van der Waals surface area contributed by atoms with Gasteiger partial charge in [0.25, 0.3) is 5.91 Å². The lowest BCUT2D eigenvalue weighted by molar-refractivity contribution is -0.113. The van der Waals surface area contributed by atoms with Crippen LogP contribution in [0.3, 0.4) is 0 Å². The van der Waals surface area contributed by atoms with Crippen LogP contribution in [0.25, 0.3) is 6.08 Å². The van der Waals surface area contributed by atoms with E-state index in [0.717, 1.165) is 29.6 Å². The lowest BCUT2D eigenvalue weighted by Gasteiger charge is -2.35. The van der Waals surface area contributed by atoms with Crippen molar-refractivity contribution in [1.82, 2.24) is 4.90 Å². The van der Waals surface area contributed by atoms with Gasteiger partial charge in [0, 0.05) is 13.1 Å². The molecule has 2 atom stereocenters. The molecule has 1 fully saturated rings. The first-order chi connectivity index (χ1) is 12.0. The zero-order valence-electron chi connectivity index (χ0n) is 14.5. The van der Waals surface area contributed by atoms with Gasteiger partial charge in [0.2, 0.25) is 0 Å². The SMILES string of the molecule is C=CCOc1ccc(/C=C2/SC(N3C[C@@H](C)O[C@@H](C)C3)=NC2=O)cc1. The molecule has 6 heteroatoms. The normalized spacial score (nSPS) is 25.2. The number of rotatable bonds is 4. The van der Waals surface area contributed by atoms with Gasteiger partial charge in [-0.2, -0.15) is 4.99 Å². The van der Waals surface area contributed by atoms with E-state index in [1.54, 1.807) is 6.08 Å². The number of benzene rings is 1. The second-order valence-corrected chi connectivity index (χ2v) is 7.15. The summed E-state index contributed by atoms with van der Waals surface area (Å²) in [6, 6.07) is 7.62. The maximum Gasteiger partial charge on any atom is 0.286 e. The summed E-state index contributed by atoms with van der Waals surface area (Å²) in [6.45, 7) is 9.69. The fourth-order valence-electron chi connectivity index (χ4n) is 2.83. The van der Waals surface area contributed by atoms with Crippen molar-refractivity contribution in [3.63, 3.8) is 0 Å². The van der Waals surface area contributed by atoms with Crippen molar-refractivity contribution in [3.05, 3.63) is 47.4 Å². The van der Waals surface area contributed by atoms with Crippen molar-refractivity contribution in [3.8, 4) is 5.75 Å². The van der Waals surface area contributed by atoms with Crippen molar-refractivity contribution in [1.29, 1.82) is 0 Å². The Morgan fingerprint density at radius 1 is 1.32 bits per heavy atom. The number of thioether (sulfide) groups is 1. The van der Waals surface area contributed by atoms with Crippen LogP contribution in [0.4, 0.5) is 0 Å². The van der Waals surface area contributed by atoms with Crippen LogP contribution < -0.4 is 4.74 Å². The Morgan fingerprint density at radius 3 is 2.64 bits per heavy atom. The van der Waals surface area contributed by atoms with Gasteiger partial charge < -0.3 is 14.4 Å². The van der Waals surface area contributed by atoms with Gasteiger partial charge >= 0.3 is 0 Å². The Labute approximate surface area is 152 Å². The van der Waals surface area contributed by atoms with Crippen molar-refractivity contribution >= 4 is 28.9 Å². The minimum atomic E-state index is -0.182. The van der Waals surface area contributed by atoms with Gasteiger partial charge in [-0.1, -0.05) is 24.8 Å². The molecule has 1 saturated heterocycles. The van der Waals surface area contributed by atoms with Crippen LogP contribution in [0.1, 0.15) is 19.4 Å². The number of nitrogens with zero attached hydrogens (tertiary/aromatic N) is 2. The second kappa shape index (κ2) is 7.89. The van der Waals surface area contributed by atoms with E-state index in [9.17, 15) is 4.79 Å². The van der Waals surface area contributed by atoms with Crippen LogP contribution in [0, 0.1) is 0 Å². The van der Waals surface area contributed by atoms with Crippen molar-refractivity contribution in [2.45, 2.75) is 26.1 Å². The van der Waals surface area contributed by atoms with E-state index in [2.05, 4.69) is 16.5 Å². The molecule has 0 radical (unpaired) electrons. The molecule has 1 amide bonds. The lowest BCUT2D eigenvalue weighted by Crippen LogP contribution is -2.47. The van der Waals surface area contributed by atoms with Gasteiger partial charge in [0.15, 0.2) is 5.17 Å². The Bertz CT molecular complexity index is 702. The van der Waals surface area contributed by atoms with Crippen LogP contribution >= 0.6 is 11.8 Å². The summed E-state index contributed by atoms with van der Waals surface area (Å²) in [5.41, 5.74) is 0.946. The van der Waals surface area contributed by atoms with Crippen molar-refractivity contribution < 1.29 is 14.3 Å². The molecule has 0 aromatic heterocycles. The van der Waals surface area contributed by atoms with Gasteiger partial charge in [0.05, 0.1) is 17.1 Å². The first-order valence-corrected chi connectivity index (χ1v) is 9.13. The summed E-state index contributed by atoms with van der Waals surface area (Å²) in [5, 5.41) is 0.768. The van der Waals surface area contributed by atoms with Crippen LogP contribution in [0.15, 0.2) is 46.8 Å². The van der Waals surface area contributed by atoms with E-state index < -0.39 is 0 Å². The molecule has 2 aliphatic heterocycles. The number of amides is 1. The van der Waals surface area contributed by atoms with Gasteiger partial charge in [-0.05, 0) is 49.4 Å². The minimum absolute atomic E-state index is 0.137. The molecule has 1 aromatic carbocycles. The minimum Gasteiger partial charge on any atom is -0.490 e. The molecule has 0 N–H and O–H groups in total. The Balaban J connectivity index is 1.67. The highest BCUT2D eigenvalue weighted by Crippen LogP contribution is 2.31. The largest absolute Gasteiger partial charge is 0.490 e. The van der Waals surface area contributed by atoms with Gasteiger partial charge in [-0.3, -0.25) is 4.79 Å². The number of aliphatic imine (C=N–C) groups is 1. The molecule has 0 bridgehead atoms. The third kappa shape index (κ3) is 4.52. The monoisotopic (exact) mass is 358 g/mol. The van der Waals surface area contributed by atoms with Crippen LogP contribution in [0.2, 0.25) is 0 Å². The van der Waals surface area contributed by atoms with Crippen molar-refractivity contribution in [2.75, 3.05) is 19.7 Å². The second-order valence-electron chi connectivity index (χ2n) is 6.14. The quantitative estimate of drug-likeness (QED) is 0.610. The topological polar surface area (TPSA) is 51.1 Å². The van der Waals surface area contributed by atoms with Crippen LogP contribution in [-0.2, 0) is 9.53 Å². The van der Waals surface area contributed by atoms with E-state index in [1.165, 1.54) is 11.8 Å². The fourth-order valence-corrected chi connectivity index (χ4v) is 3.77. The summed E-state index contributed by atoms with van der Waals surface area (Å²) in [6.07, 6.45) is 3.85. The zero-order valence-corrected chi connectivity index (χ0v) is 15.3. The highest BCUT2D eigenvalue weighted by molar-refractivity contribution is 8.18. The average molecular weight is 358 g/mol. The smallest absolute Gasteiger partial charge is 0.286 e. The Kier molecular flexibility index (Phi) is 5.60. The number of hydrogen-bond acceptors (Lipinski definition) is 5. The number of carbonyl (C=O) groups is 1. The number of amidine groups is 1. The standard InChI is InChI=1S/C19H22N2O3S/c1-4-9-23-16-7-5-15(6-8-16)10-17-18(22)20-19(25-17)21-11-13(2)24-14(3)12-21/h4-8,10,13-14H,1,9,11-12H2,2-3H3/b17-10+/t13-,14+. The first-order valence-electron chi connectivity index (χ1n) is 8.32. The van der Waals surface area contributed by atoms with Crippen LogP contribution in [-0.4, -0.2) is 47.9 Å². The third-order valence-electron chi connectivity index (χ3n) is 3.85. The zero-order chi connectivity index (χ0) is 17.8. The summed E-state index contributed by atoms with van der Waals surface area (Å²) < 4.78 is 11.2. The molecular weight excluding hydrogens is 336 g/mol. The molecule has 0 spiro atoms. The molecule has 2 heterocycles. The maximum atomic E-state index is 12.2. The lowest BCUT2D eigenvalue weighted by atomic mass is 10.2. The van der Waals surface area contributed by atoms with E-state index in [0.29, 0.717) is 11.5 Å². The highest BCUT2D eigenvalue weighted by atomic mass is 32.2.